The molecule has 0 saturated carbocycles. The zero-order valence-electron chi connectivity index (χ0n) is 18.0. The van der Waals surface area contributed by atoms with E-state index >= 15 is 0 Å². The molecule has 2 aromatic heterocycles. The van der Waals surface area contributed by atoms with E-state index in [1.54, 1.807) is 30.9 Å². The fourth-order valence-corrected chi connectivity index (χ4v) is 4.06. The van der Waals surface area contributed by atoms with E-state index in [1.807, 2.05) is 28.3 Å². The third-order valence-corrected chi connectivity index (χ3v) is 6.19. The molecule has 1 atom stereocenters. The number of carbonyl (C=O) groups excluding carboxylic acids is 1. The molecule has 1 amide bonds. The first kappa shape index (κ1) is 21.8. The van der Waals surface area contributed by atoms with Crippen molar-refractivity contribution in [2.45, 2.75) is 25.0 Å². The highest BCUT2D eigenvalue weighted by Crippen LogP contribution is 2.23. The molecular weight excluding hydrogens is 427 g/mol. The van der Waals surface area contributed by atoms with Crippen molar-refractivity contribution in [1.29, 1.82) is 0 Å². The van der Waals surface area contributed by atoms with E-state index in [0.29, 0.717) is 11.0 Å². The molecule has 2 heterocycles. The van der Waals surface area contributed by atoms with Crippen LogP contribution in [0.4, 0.5) is 4.39 Å². The van der Waals surface area contributed by atoms with E-state index in [0.717, 1.165) is 11.3 Å². The average molecular weight is 451 g/mol. The fourth-order valence-electron chi connectivity index (χ4n) is 3.32. The van der Waals surface area contributed by atoms with Crippen molar-refractivity contribution < 1.29 is 9.18 Å². The van der Waals surface area contributed by atoms with E-state index < -0.39 is 6.04 Å². The second kappa shape index (κ2) is 9.35. The van der Waals surface area contributed by atoms with Crippen molar-refractivity contribution in [2.24, 2.45) is 7.05 Å². The number of hydrogen-bond acceptors (Lipinski definition) is 5. The number of nitrogens with one attached hydrogen (secondary N) is 1. The van der Waals surface area contributed by atoms with Gasteiger partial charge in [0.05, 0.1) is 5.75 Å². The Labute approximate surface area is 189 Å². The maximum Gasteiger partial charge on any atom is 0.231 e. The molecule has 2 aromatic carbocycles. The number of amides is 1. The SMILES string of the molecule is Cc1ccc(-n2cnnc2SCC(=O)NC(c2ccc(F)cc2)c2nccn2C)cc1C. The Morgan fingerprint density at radius 1 is 1.16 bits per heavy atom. The Hall–Kier alpha value is -3.46. The summed E-state index contributed by atoms with van der Waals surface area (Å²) in [5.41, 5.74) is 4.06. The summed E-state index contributed by atoms with van der Waals surface area (Å²) in [6.45, 7) is 4.11. The van der Waals surface area contributed by atoms with E-state index in [1.165, 1.54) is 35.0 Å². The van der Waals surface area contributed by atoms with Gasteiger partial charge in [0.25, 0.3) is 0 Å². The lowest BCUT2D eigenvalue weighted by molar-refractivity contribution is -0.119. The molecule has 1 N–H and O–H groups in total. The second-order valence-electron chi connectivity index (χ2n) is 7.49. The van der Waals surface area contributed by atoms with Gasteiger partial charge < -0.3 is 9.88 Å². The van der Waals surface area contributed by atoms with Crippen LogP contribution in [0.15, 0.2) is 66.3 Å². The summed E-state index contributed by atoms with van der Waals surface area (Å²) < 4.78 is 17.1. The summed E-state index contributed by atoms with van der Waals surface area (Å²) in [7, 11) is 1.85. The summed E-state index contributed by atoms with van der Waals surface area (Å²) in [4.78, 5) is 17.2. The molecule has 164 valence electrons. The largest absolute Gasteiger partial charge is 0.341 e. The summed E-state index contributed by atoms with van der Waals surface area (Å²) in [5.74, 6) is 0.279. The van der Waals surface area contributed by atoms with Crippen LogP contribution >= 0.6 is 11.8 Å². The van der Waals surface area contributed by atoms with Gasteiger partial charge in [0.1, 0.15) is 24.0 Å². The second-order valence-corrected chi connectivity index (χ2v) is 8.43. The van der Waals surface area contributed by atoms with Gasteiger partial charge in [-0.25, -0.2) is 9.37 Å². The molecule has 0 bridgehead atoms. The van der Waals surface area contributed by atoms with Crippen molar-refractivity contribution in [2.75, 3.05) is 5.75 Å². The first-order valence-corrected chi connectivity index (χ1v) is 11.0. The van der Waals surface area contributed by atoms with Crippen molar-refractivity contribution in [1.82, 2.24) is 29.6 Å². The minimum atomic E-state index is -0.499. The lowest BCUT2D eigenvalue weighted by Crippen LogP contribution is -2.32. The Kier molecular flexibility index (Phi) is 6.36. The number of thioether (sulfide) groups is 1. The van der Waals surface area contributed by atoms with Crippen LogP contribution in [0.25, 0.3) is 5.69 Å². The van der Waals surface area contributed by atoms with Gasteiger partial charge in [-0.1, -0.05) is 30.0 Å². The normalized spacial score (nSPS) is 12.0. The molecule has 0 spiro atoms. The highest BCUT2D eigenvalue weighted by molar-refractivity contribution is 7.99. The number of imidazole rings is 1. The first-order chi connectivity index (χ1) is 15.4. The smallest absolute Gasteiger partial charge is 0.231 e. The molecule has 7 nitrogen and oxygen atoms in total. The molecule has 0 aliphatic heterocycles. The standard InChI is InChI=1S/C23H23FN6OS/c1-15-4-9-19(12-16(15)2)30-14-26-28-23(30)32-13-20(31)27-21(22-25-10-11-29(22)3)17-5-7-18(24)8-6-17/h4-12,14,21H,13H2,1-3H3,(H,27,31). The zero-order chi connectivity index (χ0) is 22.7. The summed E-state index contributed by atoms with van der Waals surface area (Å²) >= 11 is 1.30. The number of carbonyl (C=O) groups is 1. The molecule has 0 aliphatic carbocycles. The number of aryl methyl sites for hydroxylation is 3. The molecule has 32 heavy (non-hydrogen) atoms. The van der Waals surface area contributed by atoms with Crippen molar-refractivity contribution in [3.63, 3.8) is 0 Å². The molecule has 4 aromatic rings. The number of halogens is 1. The topological polar surface area (TPSA) is 77.6 Å². The number of hydrogen-bond donors (Lipinski definition) is 1. The quantitative estimate of drug-likeness (QED) is 0.434. The van der Waals surface area contributed by atoms with Crippen molar-refractivity contribution in [3.8, 4) is 5.69 Å². The summed E-state index contributed by atoms with van der Waals surface area (Å²) in [5, 5.41) is 11.8. The summed E-state index contributed by atoms with van der Waals surface area (Å²) in [6, 6.07) is 11.7. The minimum absolute atomic E-state index is 0.144. The van der Waals surface area contributed by atoms with Gasteiger partial charge in [0, 0.05) is 25.1 Å². The van der Waals surface area contributed by atoms with Crippen molar-refractivity contribution >= 4 is 17.7 Å². The van der Waals surface area contributed by atoms with Crippen LogP contribution in [0.1, 0.15) is 28.6 Å². The number of benzene rings is 2. The van der Waals surface area contributed by atoms with Gasteiger partial charge in [-0.2, -0.15) is 0 Å². The Morgan fingerprint density at radius 3 is 2.62 bits per heavy atom. The van der Waals surface area contributed by atoms with Gasteiger partial charge in [-0.05, 0) is 54.8 Å². The molecule has 0 saturated heterocycles. The molecule has 4 rings (SSSR count). The summed E-state index contributed by atoms with van der Waals surface area (Å²) in [6.07, 6.45) is 5.11. The van der Waals surface area contributed by atoms with Crippen LogP contribution in [0.3, 0.4) is 0 Å². The van der Waals surface area contributed by atoms with Gasteiger partial charge in [0.2, 0.25) is 5.91 Å². The van der Waals surface area contributed by atoms with Crippen molar-refractivity contribution in [3.05, 3.63) is 89.5 Å². The Morgan fingerprint density at radius 2 is 1.94 bits per heavy atom. The monoisotopic (exact) mass is 450 g/mol. The number of rotatable bonds is 7. The number of nitrogens with zero attached hydrogens (tertiary/aromatic N) is 5. The van der Waals surface area contributed by atoms with Gasteiger partial charge >= 0.3 is 0 Å². The predicted octanol–water partition coefficient (Wildman–Crippen LogP) is 3.75. The minimum Gasteiger partial charge on any atom is -0.341 e. The zero-order valence-corrected chi connectivity index (χ0v) is 18.8. The maximum atomic E-state index is 13.4. The van der Waals surface area contributed by atoms with Crippen LogP contribution in [0.5, 0.6) is 0 Å². The third kappa shape index (κ3) is 4.72. The molecular formula is C23H23FN6OS. The fraction of sp³-hybridized carbons (Fsp3) is 0.217. The first-order valence-electron chi connectivity index (χ1n) is 10.0. The van der Waals surface area contributed by atoms with E-state index in [9.17, 15) is 9.18 Å². The van der Waals surface area contributed by atoms with Gasteiger partial charge in [-0.3, -0.25) is 9.36 Å². The highest BCUT2D eigenvalue weighted by atomic mass is 32.2. The molecule has 0 radical (unpaired) electrons. The predicted molar refractivity (Wildman–Crippen MR) is 121 cm³/mol. The van der Waals surface area contributed by atoms with Crippen LogP contribution in [-0.2, 0) is 11.8 Å². The highest BCUT2D eigenvalue weighted by Gasteiger charge is 2.21. The maximum absolute atomic E-state index is 13.4. The third-order valence-electron chi connectivity index (χ3n) is 5.24. The lowest BCUT2D eigenvalue weighted by Gasteiger charge is -2.19. The molecule has 0 fully saturated rings. The molecule has 9 heteroatoms. The average Bonchev–Trinajstić information content (AvgIpc) is 3.42. The Bertz CT molecular complexity index is 1230. The lowest BCUT2D eigenvalue weighted by atomic mass is 10.1. The number of aromatic nitrogens is 5. The van der Waals surface area contributed by atoms with Gasteiger partial charge in [0.15, 0.2) is 5.16 Å². The van der Waals surface area contributed by atoms with E-state index in [-0.39, 0.29) is 17.5 Å². The van der Waals surface area contributed by atoms with Crippen LogP contribution in [0.2, 0.25) is 0 Å². The van der Waals surface area contributed by atoms with Crippen LogP contribution < -0.4 is 5.32 Å². The molecule has 1 unspecified atom stereocenters. The van der Waals surface area contributed by atoms with Crippen LogP contribution in [-0.4, -0.2) is 36.0 Å². The van der Waals surface area contributed by atoms with Crippen LogP contribution in [0, 0.1) is 19.7 Å². The van der Waals surface area contributed by atoms with E-state index in [2.05, 4.69) is 40.4 Å². The van der Waals surface area contributed by atoms with E-state index in [4.69, 9.17) is 0 Å². The Balaban J connectivity index is 1.49. The van der Waals surface area contributed by atoms with Gasteiger partial charge in [-0.15, -0.1) is 10.2 Å². The molecule has 0 aliphatic rings.